The van der Waals surface area contributed by atoms with Crippen LogP contribution < -0.4 is 5.32 Å². The lowest BCUT2D eigenvalue weighted by molar-refractivity contribution is 0.591. The summed E-state index contributed by atoms with van der Waals surface area (Å²) in [5, 5.41) is 3.06. The average molecular weight is 239 g/mol. The molecule has 1 atom stereocenters. The maximum absolute atomic E-state index is 11.9. The maximum atomic E-state index is 11.9. The van der Waals surface area contributed by atoms with Crippen LogP contribution in [0.5, 0.6) is 0 Å². The first-order valence-electron chi connectivity index (χ1n) is 5.49. The van der Waals surface area contributed by atoms with Crippen molar-refractivity contribution in [1.82, 2.24) is 5.32 Å². The van der Waals surface area contributed by atoms with Crippen LogP contribution in [0.2, 0.25) is 0 Å². The van der Waals surface area contributed by atoms with Gasteiger partial charge >= 0.3 is 0 Å². The zero-order valence-electron chi connectivity index (χ0n) is 9.82. The lowest BCUT2D eigenvalue weighted by Gasteiger charge is -2.11. The monoisotopic (exact) mass is 239 g/mol. The second kappa shape index (κ2) is 3.86. The van der Waals surface area contributed by atoms with Gasteiger partial charge in [0, 0.05) is 6.04 Å². The zero-order valence-corrected chi connectivity index (χ0v) is 10.6. The number of nitrogens with one attached hydrogen (secondary N) is 1. The van der Waals surface area contributed by atoms with E-state index >= 15 is 0 Å². The van der Waals surface area contributed by atoms with Gasteiger partial charge in [0.1, 0.15) is 0 Å². The van der Waals surface area contributed by atoms with Crippen molar-refractivity contribution in [2.24, 2.45) is 0 Å². The summed E-state index contributed by atoms with van der Waals surface area (Å²) in [7, 11) is -1.27. The van der Waals surface area contributed by atoms with Crippen LogP contribution in [0, 0.1) is 0 Å². The van der Waals surface area contributed by atoms with Crippen LogP contribution in [0.1, 0.15) is 36.9 Å². The van der Waals surface area contributed by atoms with Gasteiger partial charge in [-0.15, -0.1) is 0 Å². The summed E-state index contributed by atoms with van der Waals surface area (Å²) in [5.74, 6) is 0.603. The van der Waals surface area contributed by atoms with E-state index in [2.05, 4.69) is 19.2 Å². The molecule has 0 aromatic heterocycles. The summed E-state index contributed by atoms with van der Waals surface area (Å²) in [6.07, 6.45) is 0. The molecule has 1 unspecified atom stereocenters. The molecule has 0 spiro atoms. The fourth-order valence-electron chi connectivity index (χ4n) is 2.12. The molecule has 0 amide bonds. The van der Waals surface area contributed by atoms with E-state index in [1.165, 1.54) is 5.56 Å². The van der Waals surface area contributed by atoms with Crippen LogP contribution in [0.3, 0.4) is 0 Å². The van der Waals surface area contributed by atoms with Crippen LogP contribution in [-0.4, -0.2) is 21.2 Å². The third-order valence-electron chi connectivity index (χ3n) is 3.15. The van der Waals surface area contributed by atoms with E-state index in [1.54, 1.807) is 13.1 Å². The van der Waals surface area contributed by atoms with Gasteiger partial charge in [-0.1, -0.05) is 26.0 Å². The van der Waals surface area contributed by atoms with E-state index in [-0.39, 0.29) is 11.8 Å². The van der Waals surface area contributed by atoms with Crippen molar-refractivity contribution in [2.75, 3.05) is 12.8 Å². The first-order chi connectivity index (χ1) is 7.45. The number of hydrogen-bond acceptors (Lipinski definition) is 3. The van der Waals surface area contributed by atoms with Crippen molar-refractivity contribution in [2.45, 2.75) is 30.7 Å². The molecule has 0 bridgehead atoms. The molecule has 0 saturated carbocycles. The molecule has 2 rings (SSSR count). The Morgan fingerprint density at radius 2 is 2.06 bits per heavy atom. The summed E-state index contributed by atoms with van der Waals surface area (Å²) in [6.45, 7) is 4.22. The van der Waals surface area contributed by atoms with Crippen LogP contribution in [0.25, 0.3) is 0 Å². The Kier molecular flexibility index (Phi) is 2.80. The molecule has 3 nitrogen and oxygen atoms in total. The first kappa shape index (κ1) is 11.6. The number of rotatable bonds is 2. The highest BCUT2D eigenvalue weighted by molar-refractivity contribution is 7.91. The molecule has 4 heteroatoms. The number of benzene rings is 1. The van der Waals surface area contributed by atoms with Gasteiger partial charge in [-0.2, -0.15) is 0 Å². The Labute approximate surface area is 96.8 Å². The smallest absolute Gasteiger partial charge is 0.180 e. The molecule has 1 aromatic rings. The maximum Gasteiger partial charge on any atom is 0.180 e. The quantitative estimate of drug-likeness (QED) is 0.857. The highest BCUT2D eigenvalue weighted by Crippen LogP contribution is 2.34. The number of hydrogen-bond donors (Lipinski definition) is 1. The fourth-order valence-corrected chi connectivity index (χ4v) is 3.92. The van der Waals surface area contributed by atoms with Gasteiger partial charge in [-0.05, 0) is 30.2 Å². The van der Waals surface area contributed by atoms with Crippen molar-refractivity contribution >= 4 is 9.84 Å². The Morgan fingerprint density at radius 3 is 2.62 bits per heavy atom. The molecule has 1 N–H and O–H groups in total. The molecule has 1 aliphatic heterocycles. The molecule has 88 valence electrons. The summed E-state index contributed by atoms with van der Waals surface area (Å²) in [6, 6.07) is 5.63. The Bertz CT molecular complexity index is 506. The van der Waals surface area contributed by atoms with Crippen molar-refractivity contribution in [3.05, 3.63) is 29.3 Å². The average Bonchev–Trinajstić information content (AvgIpc) is 2.50. The standard InChI is InChI=1S/C12H17NO2S/c1-8(2)9-4-5-12-10(6-9)11(13-3)7-16(12,14)15/h4-6,8,11,13H,7H2,1-3H3. The lowest BCUT2D eigenvalue weighted by atomic mass is 9.98. The predicted molar refractivity (Wildman–Crippen MR) is 64.4 cm³/mol. The Hall–Kier alpha value is -0.870. The second-order valence-electron chi connectivity index (χ2n) is 4.57. The minimum absolute atomic E-state index is 0.0568. The van der Waals surface area contributed by atoms with E-state index in [9.17, 15) is 8.42 Å². The van der Waals surface area contributed by atoms with Crippen LogP contribution in [-0.2, 0) is 9.84 Å². The van der Waals surface area contributed by atoms with E-state index < -0.39 is 9.84 Å². The van der Waals surface area contributed by atoms with E-state index in [1.807, 2.05) is 12.1 Å². The molecular formula is C12H17NO2S. The first-order valence-corrected chi connectivity index (χ1v) is 7.15. The highest BCUT2D eigenvalue weighted by atomic mass is 32.2. The Morgan fingerprint density at radius 1 is 1.38 bits per heavy atom. The van der Waals surface area contributed by atoms with Gasteiger partial charge in [0.2, 0.25) is 0 Å². The van der Waals surface area contributed by atoms with E-state index in [4.69, 9.17) is 0 Å². The molecule has 16 heavy (non-hydrogen) atoms. The molecule has 1 aromatic carbocycles. The van der Waals surface area contributed by atoms with Gasteiger partial charge < -0.3 is 5.32 Å². The summed E-state index contributed by atoms with van der Waals surface area (Å²) in [4.78, 5) is 0.497. The van der Waals surface area contributed by atoms with Crippen molar-refractivity contribution in [3.63, 3.8) is 0 Å². The van der Waals surface area contributed by atoms with Crippen molar-refractivity contribution in [3.8, 4) is 0 Å². The van der Waals surface area contributed by atoms with Crippen LogP contribution in [0.4, 0.5) is 0 Å². The molecule has 1 aliphatic rings. The van der Waals surface area contributed by atoms with Gasteiger partial charge in [0.05, 0.1) is 10.6 Å². The summed E-state index contributed by atoms with van der Waals surface area (Å²) >= 11 is 0. The minimum Gasteiger partial charge on any atom is -0.312 e. The normalized spacial score (nSPS) is 22.4. The largest absolute Gasteiger partial charge is 0.312 e. The van der Waals surface area contributed by atoms with Crippen LogP contribution >= 0.6 is 0 Å². The zero-order chi connectivity index (χ0) is 11.9. The van der Waals surface area contributed by atoms with Crippen molar-refractivity contribution < 1.29 is 8.42 Å². The number of fused-ring (bicyclic) bond motifs is 1. The van der Waals surface area contributed by atoms with E-state index in [0.717, 1.165) is 5.56 Å². The summed E-state index contributed by atoms with van der Waals surface area (Å²) < 4.78 is 23.7. The molecule has 0 saturated heterocycles. The highest BCUT2D eigenvalue weighted by Gasteiger charge is 2.33. The molecule has 0 aliphatic carbocycles. The Balaban J connectivity index is 2.58. The molecule has 0 radical (unpaired) electrons. The van der Waals surface area contributed by atoms with E-state index in [0.29, 0.717) is 10.8 Å². The molecular weight excluding hydrogens is 222 g/mol. The SMILES string of the molecule is CNC1CS(=O)(=O)c2ccc(C(C)C)cc21. The van der Waals surface area contributed by atoms with Gasteiger partial charge in [0.15, 0.2) is 9.84 Å². The fraction of sp³-hybridized carbons (Fsp3) is 0.500. The topological polar surface area (TPSA) is 46.2 Å². The third-order valence-corrected chi connectivity index (χ3v) is 4.96. The molecule has 0 fully saturated rings. The van der Waals surface area contributed by atoms with Gasteiger partial charge in [-0.3, -0.25) is 0 Å². The summed E-state index contributed by atoms with van der Waals surface area (Å²) in [5.41, 5.74) is 2.12. The number of sulfone groups is 1. The third kappa shape index (κ3) is 1.76. The predicted octanol–water partition coefficient (Wildman–Crippen LogP) is 1.86. The molecule has 1 heterocycles. The second-order valence-corrected chi connectivity index (χ2v) is 6.58. The lowest BCUT2D eigenvalue weighted by Crippen LogP contribution is -2.17. The minimum atomic E-state index is -3.07. The van der Waals surface area contributed by atoms with Gasteiger partial charge in [-0.25, -0.2) is 8.42 Å². The van der Waals surface area contributed by atoms with Gasteiger partial charge in [0.25, 0.3) is 0 Å². The van der Waals surface area contributed by atoms with Crippen LogP contribution in [0.15, 0.2) is 23.1 Å². The van der Waals surface area contributed by atoms with Crippen molar-refractivity contribution in [1.29, 1.82) is 0 Å².